The lowest BCUT2D eigenvalue weighted by Gasteiger charge is -2.18. The highest BCUT2D eigenvalue weighted by Gasteiger charge is 2.25. The van der Waals surface area contributed by atoms with Crippen LogP contribution in [0.5, 0.6) is 0 Å². The first kappa shape index (κ1) is 28.5. The first-order chi connectivity index (χ1) is 19.4. The number of thiophene rings is 1. The molecule has 2 amide bonds. The molecule has 0 saturated heterocycles. The highest BCUT2D eigenvalue weighted by molar-refractivity contribution is 7.10. The predicted octanol–water partition coefficient (Wildman–Crippen LogP) is 5.88. The van der Waals surface area contributed by atoms with E-state index < -0.39 is 29.8 Å². The Hall–Kier alpha value is -4.50. The average molecular weight is 561 g/mol. The van der Waals surface area contributed by atoms with Gasteiger partial charge in [0.05, 0.1) is 0 Å². The minimum atomic E-state index is -1.24. The van der Waals surface area contributed by atoms with Gasteiger partial charge in [0.25, 0.3) is 5.91 Å². The lowest BCUT2D eigenvalue weighted by Crippen LogP contribution is -2.49. The topological polar surface area (TPSA) is 93.7 Å². The van der Waals surface area contributed by atoms with Crippen LogP contribution in [0.3, 0.4) is 0 Å². The maximum Gasteiger partial charge on any atom is 0.408 e. The molecule has 40 heavy (non-hydrogen) atoms. The van der Waals surface area contributed by atoms with Crippen LogP contribution in [-0.2, 0) is 33.9 Å². The Bertz CT molecular complexity index is 1440. The van der Waals surface area contributed by atoms with Gasteiger partial charge in [-0.1, -0.05) is 67.6 Å². The molecule has 3 aromatic carbocycles. The van der Waals surface area contributed by atoms with Gasteiger partial charge in [0.15, 0.2) is 0 Å². The zero-order valence-corrected chi connectivity index (χ0v) is 22.7. The van der Waals surface area contributed by atoms with E-state index in [2.05, 4.69) is 10.6 Å². The fraction of sp³-hybridized carbons (Fsp3) is 0.194. The maximum atomic E-state index is 14.5. The summed E-state index contributed by atoms with van der Waals surface area (Å²) in [5.74, 6) is -1.92. The Morgan fingerprint density at radius 3 is 2.17 bits per heavy atom. The maximum absolute atomic E-state index is 14.5. The van der Waals surface area contributed by atoms with Crippen LogP contribution in [0.4, 0.5) is 9.18 Å². The lowest BCUT2D eigenvalue weighted by molar-refractivity contribution is -0.147. The van der Waals surface area contributed by atoms with Crippen molar-refractivity contribution in [3.63, 3.8) is 0 Å². The van der Waals surface area contributed by atoms with Crippen LogP contribution in [0.2, 0.25) is 0 Å². The molecule has 2 N–H and O–H groups in total. The molecule has 1 aromatic heterocycles. The van der Waals surface area contributed by atoms with Crippen LogP contribution < -0.4 is 10.6 Å². The van der Waals surface area contributed by atoms with Crippen molar-refractivity contribution in [1.29, 1.82) is 0 Å². The number of amides is 2. The van der Waals surface area contributed by atoms with Gasteiger partial charge in [-0.05, 0) is 58.3 Å². The van der Waals surface area contributed by atoms with Crippen LogP contribution in [-0.4, -0.2) is 30.6 Å². The summed E-state index contributed by atoms with van der Waals surface area (Å²) in [4.78, 5) is 39.5. The van der Waals surface area contributed by atoms with Crippen LogP contribution in [0.15, 0.2) is 90.3 Å². The molecule has 0 aliphatic heterocycles. The molecule has 7 nitrogen and oxygen atoms in total. The second kappa shape index (κ2) is 14.0. The van der Waals surface area contributed by atoms with Crippen LogP contribution in [0, 0.1) is 5.82 Å². The van der Waals surface area contributed by atoms with E-state index >= 15 is 0 Å². The van der Waals surface area contributed by atoms with Gasteiger partial charge in [0.1, 0.15) is 25.1 Å². The fourth-order valence-corrected chi connectivity index (χ4v) is 4.82. The van der Waals surface area contributed by atoms with Crippen LogP contribution >= 0.6 is 11.3 Å². The Labute approximate surface area is 236 Å². The predicted molar refractivity (Wildman–Crippen MR) is 151 cm³/mol. The van der Waals surface area contributed by atoms with E-state index in [1.807, 2.05) is 54.8 Å². The van der Waals surface area contributed by atoms with E-state index in [9.17, 15) is 18.8 Å². The van der Waals surface area contributed by atoms with Gasteiger partial charge in [-0.15, -0.1) is 11.3 Å². The zero-order valence-electron chi connectivity index (χ0n) is 21.9. The monoisotopic (exact) mass is 560 g/mol. The number of halogens is 1. The number of esters is 1. The molecule has 206 valence electrons. The number of carbonyl (C=O) groups is 3. The minimum absolute atomic E-state index is 0.000778. The number of carbonyl (C=O) groups excluding carboxylic acids is 3. The van der Waals surface area contributed by atoms with Crippen molar-refractivity contribution in [2.75, 3.05) is 6.54 Å². The molecule has 1 atom stereocenters. The Balaban J connectivity index is 1.43. The quantitative estimate of drug-likeness (QED) is 0.223. The van der Waals surface area contributed by atoms with Crippen molar-refractivity contribution >= 4 is 29.3 Å². The minimum Gasteiger partial charge on any atom is -0.459 e. The van der Waals surface area contributed by atoms with E-state index in [-0.39, 0.29) is 25.3 Å². The molecular formula is C31H29FN2O5S. The van der Waals surface area contributed by atoms with Crippen molar-refractivity contribution in [3.05, 3.63) is 118 Å². The number of benzene rings is 3. The van der Waals surface area contributed by atoms with E-state index in [0.29, 0.717) is 5.56 Å². The lowest BCUT2D eigenvalue weighted by atomic mass is 10.0. The number of hydrogen-bond donors (Lipinski definition) is 2. The largest absolute Gasteiger partial charge is 0.459 e. The third-order valence-corrected chi connectivity index (χ3v) is 7.08. The molecule has 0 radical (unpaired) electrons. The SMILES string of the molecule is CCc1sccc1-c1cc(F)cc(C(=O)NC[C@@H](NC(=O)OCc2ccccc2)C(=O)OCc2ccccc2)c1. The van der Waals surface area contributed by atoms with Crippen molar-refractivity contribution < 1.29 is 28.2 Å². The molecule has 0 unspecified atom stereocenters. The summed E-state index contributed by atoms with van der Waals surface area (Å²) in [7, 11) is 0. The van der Waals surface area contributed by atoms with Gasteiger partial charge < -0.3 is 20.1 Å². The molecule has 1 heterocycles. The van der Waals surface area contributed by atoms with E-state index in [4.69, 9.17) is 9.47 Å². The Morgan fingerprint density at radius 2 is 1.52 bits per heavy atom. The third-order valence-electron chi connectivity index (χ3n) is 6.02. The van der Waals surface area contributed by atoms with Gasteiger partial charge in [-0.3, -0.25) is 4.79 Å². The summed E-state index contributed by atoms with van der Waals surface area (Å²) < 4.78 is 25.1. The number of rotatable bonds is 11. The highest BCUT2D eigenvalue weighted by Crippen LogP contribution is 2.30. The normalized spacial score (nSPS) is 11.3. The number of nitrogens with one attached hydrogen (secondary N) is 2. The third kappa shape index (κ3) is 8.00. The molecule has 0 saturated carbocycles. The van der Waals surface area contributed by atoms with E-state index in [1.165, 1.54) is 6.07 Å². The zero-order chi connectivity index (χ0) is 28.3. The van der Waals surface area contributed by atoms with Gasteiger partial charge in [0.2, 0.25) is 0 Å². The van der Waals surface area contributed by atoms with E-state index in [0.717, 1.165) is 34.1 Å². The number of hydrogen-bond acceptors (Lipinski definition) is 6. The van der Waals surface area contributed by atoms with Crippen molar-refractivity contribution in [1.82, 2.24) is 10.6 Å². The first-order valence-corrected chi connectivity index (χ1v) is 13.6. The Morgan fingerprint density at radius 1 is 0.875 bits per heavy atom. The van der Waals surface area contributed by atoms with Gasteiger partial charge in [-0.25, -0.2) is 14.0 Å². The van der Waals surface area contributed by atoms with Crippen LogP contribution in [0.1, 0.15) is 33.3 Å². The molecule has 9 heteroatoms. The van der Waals surface area contributed by atoms with Crippen molar-refractivity contribution in [2.45, 2.75) is 32.6 Å². The second-order valence-electron chi connectivity index (χ2n) is 8.90. The molecule has 0 aliphatic rings. The summed E-state index contributed by atoms with van der Waals surface area (Å²) in [6, 6.07) is 22.9. The van der Waals surface area contributed by atoms with Gasteiger partial charge in [0, 0.05) is 17.0 Å². The van der Waals surface area contributed by atoms with E-state index in [1.54, 1.807) is 41.7 Å². The number of aryl methyl sites for hydroxylation is 1. The highest BCUT2D eigenvalue weighted by atomic mass is 32.1. The van der Waals surface area contributed by atoms with Gasteiger partial charge >= 0.3 is 12.1 Å². The molecule has 4 aromatic rings. The summed E-state index contributed by atoms with van der Waals surface area (Å²) in [6.07, 6.45) is -0.0681. The molecule has 0 aliphatic carbocycles. The summed E-state index contributed by atoms with van der Waals surface area (Å²) in [5.41, 5.74) is 3.08. The molecular weight excluding hydrogens is 531 g/mol. The van der Waals surface area contributed by atoms with Crippen LogP contribution in [0.25, 0.3) is 11.1 Å². The standard InChI is InChI=1S/C31H29FN2O5S/c1-2-28-26(13-14-40-28)23-15-24(17-25(32)16-23)29(35)33-18-27(30(36)38-19-21-9-5-3-6-10-21)34-31(37)39-20-22-11-7-4-8-12-22/h3-17,27H,2,18-20H2,1H3,(H,33,35)(H,34,37)/t27-/m1/s1. The number of alkyl carbamates (subject to hydrolysis) is 1. The second-order valence-corrected chi connectivity index (χ2v) is 9.90. The molecule has 0 fully saturated rings. The Kier molecular flexibility index (Phi) is 10.0. The number of ether oxygens (including phenoxy) is 2. The summed E-state index contributed by atoms with van der Waals surface area (Å²) >= 11 is 1.57. The summed E-state index contributed by atoms with van der Waals surface area (Å²) in [5, 5.41) is 7.00. The fourth-order valence-electron chi connectivity index (χ4n) is 3.97. The summed E-state index contributed by atoms with van der Waals surface area (Å²) in [6.45, 7) is 1.70. The first-order valence-electron chi connectivity index (χ1n) is 12.8. The van der Waals surface area contributed by atoms with Crippen molar-refractivity contribution in [2.24, 2.45) is 0 Å². The smallest absolute Gasteiger partial charge is 0.408 e. The average Bonchev–Trinajstić information content (AvgIpc) is 3.47. The molecule has 4 rings (SSSR count). The van der Waals surface area contributed by atoms with Gasteiger partial charge in [-0.2, -0.15) is 0 Å². The molecule has 0 bridgehead atoms. The van der Waals surface area contributed by atoms with Crippen molar-refractivity contribution in [3.8, 4) is 11.1 Å². The molecule has 0 spiro atoms.